The van der Waals surface area contributed by atoms with Crippen LogP contribution < -0.4 is 5.32 Å². The number of hydrogen-bond acceptors (Lipinski definition) is 4. The van der Waals surface area contributed by atoms with Gasteiger partial charge in [-0.2, -0.15) is 0 Å². The number of thiophene rings is 1. The molecule has 2 rings (SSSR count). The Bertz CT molecular complexity index is 468. The maximum Gasteiger partial charge on any atom is 0.410 e. The smallest absolute Gasteiger partial charge is 0.410 e. The highest BCUT2D eigenvalue weighted by Crippen LogP contribution is 2.21. The number of nitrogens with one attached hydrogen (secondary N) is 1. The Kier molecular flexibility index (Phi) is 5.87. The molecule has 4 nitrogen and oxygen atoms in total. The number of ether oxygens (including phenoxy) is 1. The van der Waals surface area contributed by atoms with E-state index in [1.807, 2.05) is 25.7 Å². The van der Waals surface area contributed by atoms with Gasteiger partial charge in [-0.3, -0.25) is 0 Å². The predicted octanol–water partition coefficient (Wildman–Crippen LogP) is 4.05. The SMILES string of the molecule is C[C@@H](NC[C@@H]1CCCN(C(=O)OC(C)(C)C)C1)c1cccs1. The van der Waals surface area contributed by atoms with E-state index in [0.29, 0.717) is 12.0 Å². The Morgan fingerprint density at radius 1 is 1.55 bits per heavy atom. The van der Waals surface area contributed by atoms with Gasteiger partial charge in [-0.15, -0.1) is 11.3 Å². The predicted molar refractivity (Wildman–Crippen MR) is 91.3 cm³/mol. The first-order valence-corrected chi connectivity index (χ1v) is 8.98. The van der Waals surface area contributed by atoms with E-state index < -0.39 is 5.60 Å². The van der Waals surface area contributed by atoms with Crippen LogP contribution in [0.2, 0.25) is 0 Å². The average molecular weight is 324 g/mol. The van der Waals surface area contributed by atoms with Crippen molar-refractivity contribution in [1.29, 1.82) is 0 Å². The molecule has 1 N–H and O–H groups in total. The highest BCUT2D eigenvalue weighted by atomic mass is 32.1. The van der Waals surface area contributed by atoms with Gasteiger partial charge in [0.15, 0.2) is 0 Å². The topological polar surface area (TPSA) is 41.6 Å². The van der Waals surface area contributed by atoms with Crippen molar-refractivity contribution in [2.45, 2.75) is 52.2 Å². The second-order valence-electron chi connectivity index (χ2n) is 7.08. The molecule has 0 aliphatic carbocycles. The van der Waals surface area contributed by atoms with Gasteiger partial charge in [0.1, 0.15) is 5.60 Å². The Balaban J connectivity index is 1.79. The van der Waals surface area contributed by atoms with Crippen LogP contribution in [-0.4, -0.2) is 36.2 Å². The number of likely N-dealkylation sites (tertiary alicyclic amines) is 1. The van der Waals surface area contributed by atoms with Crippen LogP contribution in [0.5, 0.6) is 0 Å². The zero-order valence-corrected chi connectivity index (χ0v) is 14.9. The van der Waals surface area contributed by atoms with Crippen molar-refractivity contribution in [3.05, 3.63) is 22.4 Å². The van der Waals surface area contributed by atoms with E-state index in [9.17, 15) is 4.79 Å². The summed E-state index contributed by atoms with van der Waals surface area (Å²) >= 11 is 1.78. The Morgan fingerprint density at radius 2 is 2.32 bits per heavy atom. The van der Waals surface area contributed by atoms with Crippen LogP contribution in [0.3, 0.4) is 0 Å². The molecule has 2 atom stereocenters. The summed E-state index contributed by atoms with van der Waals surface area (Å²) in [4.78, 5) is 15.4. The van der Waals surface area contributed by atoms with Gasteiger partial charge < -0.3 is 15.0 Å². The number of carbonyl (C=O) groups is 1. The lowest BCUT2D eigenvalue weighted by atomic mass is 9.98. The van der Waals surface area contributed by atoms with E-state index in [1.54, 1.807) is 11.3 Å². The van der Waals surface area contributed by atoms with Crippen LogP contribution in [0.15, 0.2) is 17.5 Å². The third-order valence-corrected chi connectivity index (χ3v) is 4.91. The molecule has 0 radical (unpaired) electrons. The van der Waals surface area contributed by atoms with E-state index in [0.717, 1.165) is 26.1 Å². The molecule has 1 fully saturated rings. The van der Waals surface area contributed by atoms with Crippen molar-refractivity contribution in [1.82, 2.24) is 10.2 Å². The van der Waals surface area contributed by atoms with Gasteiger partial charge in [0.05, 0.1) is 0 Å². The van der Waals surface area contributed by atoms with Crippen LogP contribution in [0, 0.1) is 5.92 Å². The normalized spacial score (nSPS) is 20.7. The van der Waals surface area contributed by atoms with Crippen LogP contribution >= 0.6 is 11.3 Å². The molecule has 124 valence electrons. The molecule has 0 unspecified atom stereocenters. The van der Waals surface area contributed by atoms with Gasteiger partial charge in [-0.1, -0.05) is 6.07 Å². The molecule has 0 spiro atoms. The minimum atomic E-state index is -0.421. The van der Waals surface area contributed by atoms with E-state index >= 15 is 0 Å². The minimum absolute atomic E-state index is 0.177. The van der Waals surface area contributed by atoms with Crippen LogP contribution in [0.4, 0.5) is 4.79 Å². The number of rotatable bonds is 4. The Morgan fingerprint density at radius 3 is 2.95 bits per heavy atom. The third-order valence-electron chi connectivity index (χ3n) is 3.85. The Hall–Kier alpha value is -1.07. The van der Waals surface area contributed by atoms with Crippen molar-refractivity contribution in [3.8, 4) is 0 Å². The third kappa shape index (κ3) is 5.29. The highest BCUT2D eigenvalue weighted by molar-refractivity contribution is 7.10. The van der Waals surface area contributed by atoms with E-state index in [-0.39, 0.29) is 6.09 Å². The Labute approximate surface area is 137 Å². The molecule has 2 heterocycles. The van der Waals surface area contributed by atoms with Gasteiger partial charge in [-0.25, -0.2) is 4.79 Å². The highest BCUT2D eigenvalue weighted by Gasteiger charge is 2.27. The lowest BCUT2D eigenvalue weighted by Crippen LogP contribution is -2.45. The van der Waals surface area contributed by atoms with Gasteiger partial charge in [0.2, 0.25) is 0 Å². The number of carbonyl (C=O) groups excluding carboxylic acids is 1. The summed E-state index contributed by atoms with van der Waals surface area (Å²) in [6, 6.07) is 4.62. The molecule has 1 aliphatic heterocycles. The standard InChI is InChI=1S/C17H28N2O2S/c1-13(15-8-6-10-22-15)18-11-14-7-5-9-19(12-14)16(20)21-17(2,3)4/h6,8,10,13-14,18H,5,7,9,11-12H2,1-4H3/t13-,14+/m1/s1. The van der Waals surface area contributed by atoms with Gasteiger partial charge in [-0.05, 0) is 57.9 Å². The van der Waals surface area contributed by atoms with Gasteiger partial charge >= 0.3 is 6.09 Å². The van der Waals surface area contributed by atoms with Crippen LogP contribution in [-0.2, 0) is 4.74 Å². The fraction of sp³-hybridized carbons (Fsp3) is 0.706. The minimum Gasteiger partial charge on any atom is -0.444 e. The van der Waals surface area contributed by atoms with Crippen molar-refractivity contribution in [2.75, 3.05) is 19.6 Å². The van der Waals surface area contributed by atoms with Gasteiger partial charge in [0, 0.05) is 30.6 Å². The lowest BCUT2D eigenvalue weighted by molar-refractivity contribution is 0.0165. The molecule has 1 amide bonds. The molecule has 0 aromatic carbocycles. The van der Waals surface area contributed by atoms with Crippen molar-refractivity contribution in [3.63, 3.8) is 0 Å². The summed E-state index contributed by atoms with van der Waals surface area (Å²) < 4.78 is 5.48. The number of nitrogens with zero attached hydrogens (tertiary/aromatic N) is 1. The molecule has 1 aliphatic rings. The summed E-state index contributed by atoms with van der Waals surface area (Å²) in [6.07, 6.45) is 2.05. The molecule has 1 saturated heterocycles. The van der Waals surface area contributed by atoms with Crippen molar-refractivity contribution in [2.24, 2.45) is 5.92 Å². The zero-order valence-electron chi connectivity index (χ0n) is 14.1. The van der Waals surface area contributed by atoms with Gasteiger partial charge in [0.25, 0.3) is 0 Å². The van der Waals surface area contributed by atoms with E-state index in [2.05, 4.69) is 29.8 Å². The number of amides is 1. The quantitative estimate of drug-likeness (QED) is 0.908. The first-order valence-electron chi connectivity index (χ1n) is 8.10. The molecule has 5 heteroatoms. The van der Waals surface area contributed by atoms with Crippen molar-refractivity contribution < 1.29 is 9.53 Å². The van der Waals surface area contributed by atoms with Crippen molar-refractivity contribution >= 4 is 17.4 Å². The first-order chi connectivity index (χ1) is 10.3. The fourth-order valence-corrected chi connectivity index (χ4v) is 3.46. The molecule has 1 aromatic rings. The molecular formula is C17H28N2O2S. The first kappa shape index (κ1) is 17.3. The van der Waals surface area contributed by atoms with Crippen LogP contribution in [0.1, 0.15) is 51.5 Å². The summed E-state index contributed by atoms with van der Waals surface area (Å²) in [5, 5.41) is 5.70. The summed E-state index contributed by atoms with van der Waals surface area (Å²) in [7, 11) is 0. The van der Waals surface area contributed by atoms with Crippen LogP contribution in [0.25, 0.3) is 0 Å². The molecule has 0 saturated carbocycles. The monoisotopic (exact) mass is 324 g/mol. The number of hydrogen-bond donors (Lipinski definition) is 1. The zero-order chi connectivity index (χ0) is 16.2. The van der Waals surface area contributed by atoms with E-state index in [4.69, 9.17) is 4.74 Å². The maximum absolute atomic E-state index is 12.2. The molecule has 0 bridgehead atoms. The molecule has 1 aromatic heterocycles. The fourth-order valence-electron chi connectivity index (χ4n) is 2.71. The largest absolute Gasteiger partial charge is 0.444 e. The second kappa shape index (κ2) is 7.47. The second-order valence-corrected chi connectivity index (χ2v) is 8.06. The maximum atomic E-state index is 12.2. The summed E-state index contributed by atoms with van der Waals surface area (Å²) in [5.74, 6) is 0.503. The average Bonchev–Trinajstić information content (AvgIpc) is 2.97. The number of piperidine rings is 1. The lowest BCUT2D eigenvalue weighted by Gasteiger charge is -2.34. The molecule has 22 heavy (non-hydrogen) atoms. The summed E-state index contributed by atoms with van der Waals surface area (Å²) in [6.45, 7) is 10.5. The summed E-state index contributed by atoms with van der Waals surface area (Å²) in [5.41, 5.74) is -0.421. The molecular weight excluding hydrogens is 296 g/mol. The van der Waals surface area contributed by atoms with E-state index in [1.165, 1.54) is 11.3 Å².